The third-order valence-electron chi connectivity index (χ3n) is 4.44. The first-order valence-electron chi connectivity index (χ1n) is 7.82. The van der Waals surface area contributed by atoms with Gasteiger partial charge in [-0.15, -0.1) is 0 Å². The molecule has 0 aromatic heterocycles. The molecule has 0 bridgehead atoms. The maximum Gasteiger partial charge on any atom is 0.306 e. The second-order valence-electron chi connectivity index (χ2n) is 6.14. The van der Waals surface area contributed by atoms with Gasteiger partial charge < -0.3 is 15.3 Å². The van der Waals surface area contributed by atoms with Crippen LogP contribution in [0, 0.1) is 11.8 Å². The summed E-state index contributed by atoms with van der Waals surface area (Å²) in [6, 6.07) is -0.0136. The average Bonchev–Trinajstić information content (AvgIpc) is 2.42. The Kier molecular flexibility index (Phi) is 5.20. The summed E-state index contributed by atoms with van der Waals surface area (Å²) >= 11 is 0. The highest BCUT2D eigenvalue weighted by atomic mass is 16.4. The van der Waals surface area contributed by atoms with Crippen molar-refractivity contribution in [3.63, 3.8) is 0 Å². The van der Waals surface area contributed by atoms with Crippen LogP contribution in [0.1, 0.15) is 45.4 Å². The lowest BCUT2D eigenvalue weighted by molar-refractivity contribution is -0.147. The Morgan fingerprint density at radius 2 is 1.95 bits per heavy atom. The van der Waals surface area contributed by atoms with E-state index in [0.717, 1.165) is 25.8 Å². The van der Waals surface area contributed by atoms with E-state index in [0.29, 0.717) is 25.8 Å². The van der Waals surface area contributed by atoms with E-state index in [9.17, 15) is 14.4 Å². The normalized spacial score (nSPS) is 28.6. The fraction of sp³-hybridized carbons (Fsp3) is 0.800. The predicted molar refractivity (Wildman–Crippen MR) is 76.5 cm³/mol. The number of nitrogens with one attached hydrogen (secondary N) is 1. The topological polar surface area (TPSA) is 86.7 Å². The minimum Gasteiger partial charge on any atom is -0.481 e. The van der Waals surface area contributed by atoms with Gasteiger partial charge in [0.05, 0.1) is 11.8 Å². The number of aliphatic carboxylic acids is 1. The molecule has 1 saturated carbocycles. The number of nitrogens with zero attached hydrogens (tertiary/aromatic N) is 1. The van der Waals surface area contributed by atoms with Crippen molar-refractivity contribution in [2.45, 2.75) is 51.5 Å². The molecule has 1 aliphatic carbocycles. The van der Waals surface area contributed by atoms with E-state index in [1.807, 2.05) is 6.92 Å². The molecular weight excluding hydrogens is 272 g/mol. The Bertz CT molecular complexity index is 418. The molecule has 2 N–H and O–H groups in total. The van der Waals surface area contributed by atoms with Gasteiger partial charge in [-0.1, -0.05) is 6.92 Å². The van der Waals surface area contributed by atoms with Crippen LogP contribution in [0.4, 0.5) is 0 Å². The van der Waals surface area contributed by atoms with Crippen molar-refractivity contribution in [1.82, 2.24) is 10.2 Å². The molecule has 2 rings (SSSR count). The van der Waals surface area contributed by atoms with Crippen molar-refractivity contribution < 1.29 is 19.5 Å². The van der Waals surface area contributed by atoms with Gasteiger partial charge in [-0.05, 0) is 32.1 Å². The quantitative estimate of drug-likeness (QED) is 0.792. The Morgan fingerprint density at radius 1 is 1.24 bits per heavy atom. The second kappa shape index (κ2) is 6.91. The van der Waals surface area contributed by atoms with Crippen molar-refractivity contribution >= 4 is 17.8 Å². The molecule has 1 saturated heterocycles. The molecule has 0 aromatic carbocycles. The Balaban J connectivity index is 1.77. The molecule has 1 atom stereocenters. The molecule has 0 spiro atoms. The van der Waals surface area contributed by atoms with E-state index in [1.165, 1.54) is 0 Å². The van der Waals surface area contributed by atoms with Crippen LogP contribution in [-0.2, 0) is 14.4 Å². The van der Waals surface area contributed by atoms with Crippen molar-refractivity contribution in [2.75, 3.05) is 13.1 Å². The second-order valence-corrected chi connectivity index (χ2v) is 6.14. The molecule has 0 aromatic rings. The van der Waals surface area contributed by atoms with Gasteiger partial charge in [-0.25, -0.2) is 0 Å². The summed E-state index contributed by atoms with van der Waals surface area (Å²) in [6.07, 6.45) is 4.06. The first-order valence-corrected chi connectivity index (χ1v) is 7.82. The van der Waals surface area contributed by atoms with Crippen LogP contribution in [0.15, 0.2) is 0 Å². The van der Waals surface area contributed by atoms with Crippen LogP contribution in [0.3, 0.4) is 0 Å². The van der Waals surface area contributed by atoms with Crippen LogP contribution in [0.5, 0.6) is 0 Å². The first kappa shape index (κ1) is 15.8. The van der Waals surface area contributed by atoms with E-state index in [2.05, 4.69) is 5.32 Å². The lowest BCUT2D eigenvalue weighted by atomic mass is 9.80. The molecule has 21 heavy (non-hydrogen) atoms. The zero-order chi connectivity index (χ0) is 15.4. The minimum atomic E-state index is -0.783. The number of amides is 2. The predicted octanol–water partition coefficient (Wildman–Crippen LogP) is 1.00. The van der Waals surface area contributed by atoms with E-state index in [4.69, 9.17) is 5.11 Å². The lowest BCUT2D eigenvalue weighted by Crippen LogP contribution is -2.51. The Hall–Kier alpha value is -1.59. The van der Waals surface area contributed by atoms with Crippen LogP contribution >= 0.6 is 0 Å². The fourth-order valence-corrected chi connectivity index (χ4v) is 3.05. The monoisotopic (exact) mass is 296 g/mol. The molecule has 6 heteroatoms. The SMILES string of the molecule is CCCC(=O)N1CCCC(C(=O)NC2CC(C(=O)O)C2)C1. The molecule has 2 amide bonds. The van der Waals surface area contributed by atoms with E-state index in [-0.39, 0.29) is 29.7 Å². The summed E-state index contributed by atoms with van der Waals surface area (Å²) in [5.41, 5.74) is 0. The smallest absolute Gasteiger partial charge is 0.306 e. The Morgan fingerprint density at radius 3 is 2.57 bits per heavy atom. The standard InChI is InChI=1S/C15H24N2O4/c1-2-4-13(18)17-6-3-5-10(9-17)14(19)16-12-7-11(8-12)15(20)21/h10-12H,2-9H2,1H3,(H,16,19)(H,20,21). The molecular formula is C15H24N2O4. The van der Waals surface area contributed by atoms with Crippen molar-refractivity contribution in [3.8, 4) is 0 Å². The molecule has 0 radical (unpaired) electrons. The minimum absolute atomic E-state index is 0.0136. The number of hydrogen-bond acceptors (Lipinski definition) is 3. The summed E-state index contributed by atoms with van der Waals surface area (Å²) in [4.78, 5) is 36.6. The summed E-state index contributed by atoms with van der Waals surface area (Å²) < 4.78 is 0. The highest BCUT2D eigenvalue weighted by Crippen LogP contribution is 2.28. The van der Waals surface area contributed by atoms with Crippen LogP contribution in [0.25, 0.3) is 0 Å². The number of carboxylic acids is 1. The largest absolute Gasteiger partial charge is 0.481 e. The summed E-state index contributed by atoms with van der Waals surface area (Å²) in [7, 11) is 0. The van der Waals surface area contributed by atoms with Crippen LogP contribution in [0.2, 0.25) is 0 Å². The van der Waals surface area contributed by atoms with E-state index < -0.39 is 5.97 Å². The maximum absolute atomic E-state index is 12.2. The molecule has 118 valence electrons. The molecule has 2 fully saturated rings. The van der Waals surface area contributed by atoms with Gasteiger partial charge in [0.1, 0.15) is 0 Å². The lowest BCUT2D eigenvalue weighted by Gasteiger charge is -2.36. The molecule has 1 unspecified atom stereocenters. The highest BCUT2D eigenvalue weighted by Gasteiger charge is 2.37. The molecule has 6 nitrogen and oxygen atoms in total. The van der Waals surface area contributed by atoms with Gasteiger partial charge in [0.25, 0.3) is 0 Å². The van der Waals surface area contributed by atoms with E-state index >= 15 is 0 Å². The number of carbonyl (C=O) groups excluding carboxylic acids is 2. The summed E-state index contributed by atoms with van der Waals surface area (Å²) in [5, 5.41) is 11.7. The summed E-state index contributed by atoms with van der Waals surface area (Å²) in [6.45, 7) is 3.22. The number of hydrogen-bond donors (Lipinski definition) is 2. The molecule has 1 aliphatic heterocycles. The highest BCUT2D eigenvalue weighted by molar-refractivity contribution is 5.82. The Labute approximate surface area is 124 Å². The number of carbonyl (C=O) groups is 3. The average molecular weight is 296 g/mol. The number of likely N-dealkylation sites (tertiary alicyclic amines) is 1. The van der Waals surface area contributed by atoms with Gasteiger partial charge in [0.15, 0.2) is 0 Å². The van der Waals surface area contributed by atoms with Gasteiger partial charge in [-0.2, -0.15) is 0 Å². The molecule has 1 heterocycles. The van der Waals surface area contributed by atoms with Gasteiger partial charge in [0, 0.05) is 25.6 Å². The third-order valence-corrected chi connectivity index (χ3v) is 4.44. The van der Waals surface area contributed by atoms with Gasteiger partial charge in [-0.3, -0.25) is 14.4 Å². The fourth-order valence-electron chi connectivity index (χ4n) is 3.05. The maximum atomic E-state index is 12.2. The number of carboxylic acid groups (broad SMARTS) is 1. The van der Waals surface area contributed by atoms with Crippen molar-refractivity contribution in [3.05, 3.63) is 0 Å². The first-order chi connectivity index (χ1) is 10.0. The van der Waals surface area contributed by atoms with Crippen molar-refractivity contribution in [2.24, 2.45) is 11.8 Å². The van der Waals surface area contributed by atoms with E-state index in [1.54, 1.807) is 4.90 Å². The summed E-state index contributed by atoms with van der Waals surface area (Å²) in [5.74, 6) is -1.15. The molecule has 2 aliphatic rings. The van der Waals surface area contributed by atoms with Crippen LogP contribution in [-0.4, -0.2) is 46.9 Å². The van der Waals surface area contributed by atoms with Crippen LogP contribution < -0.4 is 5.32 Å². The zero-order valence-corrected chi connectivity index (χ0v) is 12.5. The third kappa shape index (κ3) is 3.95. The van der Waals surface area contributed by atoms with Gasteiger partial charge in [0.2, 0.25) is 11.8 Å². The van der Waals surface area contributed by atoms with Gasteiger partial charge >= 0.3 is 5.97 Å². The number of rotatable bonds is 5. The van der Waals surface area contributed by atoms with Crippen molar-refractivity contribution in [1.29, 1.82) is 0 Å². The zero-order valence-electron chi connectivity index (χ0n) is 12.5. The number of piperidine rings is 1.